The molecule has 0 unspecified atom stereocenters. The molecule has 0 bridgehead atoms. The third-order valence-electron chi connectivity index (χ3n) is 1.85. The number of alkyl halides is 3. The highest BCUT2D eigenvalue weighted by Gasteiger charge is 2.27. The van der Waals surface area contributed by atoms with Crippen LogP contribution in [-0.2, 0) is 14.3 Å². The Morgan fingerprint density at radius 1 is 1.39 bits per heavy atom. The number of halogens is 3. The first-order chi connectivity index (χ1) is 8.26. The molecule has 0 aliphatic rings. The van der Waals surface area contributed by atoms with E-state index in [0.717, 1.165) is 4.90 Å². The van der Waals surface area contributed by atoms with Crippen LogP contribution >= 0.6 is 0 Å². The van der Waals surface area contributed by atoms with Crippen LogP contribution in [0, 0.1) is 0 Å². The number of nitrogens with zero attached hydrogens (tertiary/aromatic N) is 1. The predicted octanol–water partition coefficient (Wildman–Crippen LogP) is -0.302. The minimum atomic E-state index is -4.41. The van der Waals surface area contributed by atoms with Crippen LogP contribution in [0.15, 0.2) is 0 Å². The molecule has 1 amide bonds. The highest BCUT2D eigenvalue weighted by Crippen LogP contribution is 2.11. The van der Waals surface area contributed by atoms with Crippen LogP contribution in [0.4, 0.5) is 13.2 Å². The van der Waals surface area contributed by atoms with E-state index in [1.807, 2.05) is 5.32 Å². The van der Waals surface area contributed by atoms with Crippen LogP contribution < -0.4 is 5.32 Å². The van der Waals surface area contributed by atoms with E-state index in [4.69, 9.17) is 5.11 Å². The summed E-state index contributed by atoms with van der Waals surface area (Å²) in [7, 11) is 1.37. The molecule has 0 aliphatic heterocycles. The first-order valence-electron chi connectivity index (χ1n) is 5.02. The van der Waals surface area contributed by atoms with Crippen molar-refractivity contribution in [1.29, 1.82) is 0 Å². The van der Waals surface area contributed by atoms with E-state index in [2.05, 4.69) is 4.74 Å². The monoisotopic (exact) mass is 272 g/mol. The molecule has 2 N–H and O–H groups in total. The zero-order chi connectivity index (χ0) is 14.2. The second-order valence-corrected chi connectivity index (χ2v) is 3.42. The molecule has 0 heterocycles. The normalized spacial score (nSPS) is 11.3. The summed E-state index contributed by atoms with van der Waals surface area (Å²) < 4.78 is 40.1. The maximum atomic E-state index is 11.8. The standard InChI is InChI=1S/C9H15F3N2O4/c1-18-3-2-14(5-8(16)17)7(15)4-13-6-9(10,11)12/h13H,2-6H2,1H3,(H,16,17). The van der Waals surface area contributed by atoms with E-state index in [0.29, 0.717) is 0 Å². The molecule has 0 spiro atoms. The number of hydrogen-bond donors (Lipinski definition) is 2. The van der Waals surface area contributed by atoms with E-state index in [1.165, 1.54) is 7.11 Å². The molecule has 0 aromatic heterocycles. The SMILES string of the molecule is COCCN(CC(=O)O)C(=O)CNCC(F)(F)F. The highest BCUT2D eigenvalue weighted by molar-refractivity contribution is 5.82. The molecule has 106 valence electrons. The van der Waals surface area contributed by atoms with Gasteiger partial charge in [-0.15, -0.1) is 0 Å². The van der Waals surface area contributed by atoms with Crippen molar-refractivity contribution in [3.8, 4) is 0 Å². The number of carbonyl (C=O) groups is 2. The topological polar surface area (TPSA) is 78.9 Å². The summed E-state index contributed by atoms with van der Waals surface area (Å²) in [5.74, 6) is -1.96. The molecule has 0 atom stereocenters. The molecule has 18 heavy (non-hydrogen) atoms. The van der Waals surface area contributed by atoms with Crippen molar-refractivity contribution < 1.29 is 32.6 Å². The summed E-state index contributed by atoms with van der Waals surface area (Å²) >= 11 is 0. The second kappa shape index (κ2) is 7.88. The van der Waals surface area contributed by atoms with Gasteiger partial charge in [-0.05, 0) is 0 Å². The van der Waals surface area contributed by atoms with Gasteiger partial charge in [-0.2, -0.15) is 13.2 Å². The molecule has 0 fully saturated rings. The second-order valence-electron chi connectivity index (χ2n) is 3.42. The molecule has 9 heteroatoms. The third kappa shape index (κ3) is 8.76. The lowest BCUT2D eigenvalue weighted by molar-refractivity contribution is -0.145. The number of ether oxygens (including phenoxy) is 1. The van der Waals surface area contributed by atoms with Gasteiger partial charge in [0.05, 0.1) is 19.7 Å². The van der Waals surface area contributed by atoms with Crippen molar-refractivity contribution in [1.82, 2.24) is 10.2 Å². The van der Waals surface area contributed by atoms with E-state index in [9.17, 15) is 22.8 Å². The van der Waals surface area contributed by atoms with Gasteiger partial charge in [0, 0.05) is 13.7 Å². The lowest BCUT2D eigenvalue weighted by Crippen LogP contribution is -2.44. The quantitative estimate of drug-likeness (QED) is 0.634. The van der Waals surface area contributed by atoms with Crippen LogP contribution in [0.3, 0.4) is 0 Å². The van der Waals surface area contributed by atoms with E-state index >= 15 is 0 Å². The number of carbonyl (C=O) groups excluding carboxylic acids is 1. The van der Waals surface area contributed by atoms with Gasteiger partial charge in [-0.1, -0.05) is 0 Å². The van der Waals surface area contributed by atoms with Crippen LogP contribution in [0.1, 0.15) is 0 Å². The molecule has 0 aromatic rings. The van der Waals surface area contributed by atoms with Gasteiger partial charge in [-0.25, -0.2) is 0 Å². The van der Waals surface area contributed by atoms with Crippen molar-refractivity contribution >= 4 is 11.9 Å². The van der Waals surface area contributed by atoms with Gasteiger partial charge >= 0.3 is 12.1 Å². The zero-order valence-electron chi connectivity index (χ0n) is 9.79. The maximum Gasteiger partial charge on any atom is 0.401 e. The largest absolute Gasteiger partial charge is 0.480 e. The Kier molecular flexibility index (Phi) is 7.29. The average Bonchev–Trinajstić information content (AvgIpc) is 2.21. The van der Waals surface area contributed by atoms with Gasteiger partial charge < -0.3 is 20.1 Å². The van der Waals surface area contributed by atoms with E-state index in [-0.39, 0.29) is 13.2 Å². The molecule has 0 radical (unpaired) electrons. The Morgan fingerprint density at radius 2 is 2.00 bits per heavy atom. The van der Waals surface area contributed by atoms with Gasteiger partial charge in [0.25, 0.3) is 0 Å². The number of amides is 1. The number of rotatable bonds is 8. The number of methoxy groups -OCH3 is 1. The number of hydrogen-bond acceptors (Lipinski definition) is 4. The smallest absolute Gasteiger partial charge is 0.401 e. The van der Waals surface area contributed by atoms with Crippen molar-refractivity contribution in [2.75, 3.05) is 39.9 Å². The fourth-order valence-corrected chi connectivity index (χ4v) is 1.08. The van der Waals surface area contributed by atoms with Gasteiger partial charge in [-0.3, -0.25) is 9.59 Å². The van der Waals surface area contributed by atoms with Crippen LogP contribution in [-0.4, -0.2) is 68.0 Å². The molecule has 0 aliphatic carbocycles. The summed E-state index contributed by atoms with van der Waals surface area (Å²) in [5.41, 5.74) is 0. The Hall–Kier alpha value is -1.35. The lowest BCUT2D eigenvalue weighted by Gasteiger charge is -2.20. The minimum Gasteiger partial charge on any atom is -0.480 e. The summed E-state index contributed by atoms with van der Waals surface area (Å²) in [6.45, 7) is -2.33. The van der Waals surface area contributed by atoms with Crippen LogP contribution in [0.25, 0.3) is 0 Å². The first kappa shape index (κ1) is 16.6. The average molecular weight is 272 g/mol. The fourth-order valence-electron chi connectivity index (χ4n) is 1.08. The number of carboxylic acids is 1. The van der Waals surface area contributed by atoms with Crippen molar-refractivity contribution in [3.63, 3.8) is 0 Å². The Bertz CT molecular complexity index is 283. The predicted molar refractivity (Wildman–Crippen MR) is 55.0 cm³/mol. The Balaban J connectivity index is 4.15. The summed E-state index contributed by atoms with van der Waals surface area (Å²) in [4.78, 5) is 22.8. The minimum absolute atomic E-state index is 0.00926. The zero-order valence-corrected chi connectivity index (χ0v) is 9.79. The molecule has 6 nitrogen and oxygen atoms in total. The first-order valence-corrected chi connectivity index (χ1v) is 5.02. The maximum absolute atomic E-state index is 11.8. The number of aliphatic carboxylic acids is 1. The Labute approximate surface area is 102 Å². The van der Waals surface area contributed by atoms with E-state index < -0.39 is 37.7 Å². The van der Waals surface area contributed by atoms with Gasteiger partial charge in [0.2, 0.25) is 5.91 Å². The van der Waals surface area contributed by atoms with Crippen molar-refractivity contribution in [2.45, 2.75) is 6.18 Å². The summed E-state index contributed by atoms with van der Waals surface area (Å²) in [5, 5.41) is 10.5. The molecular weight excluding hydrogens is 257 g/mol. The molecule has 0 aromatic carbocycles. The van der Waals surface area contributed by atoms with Crippen molar-refractivity contribution in [2.24, 2.45) is 0 Å². The summed E-state index contributed by atoms with van der Waals surface area (Å²) in [6.07, 6.45) is -4.41. The Morgan fingerprint density at radius 3 is 2.44 bits per heavy atom. The van der Waals surface area contributed by atoms with Crippen LogP contribution in [0.5, 0.6) is 0 Å². The number of carboxylic acid groups (broad SMARTS) is 1. The van der Waals surface area contributed by atoms with E-state index in [1.54, 1.807) is 0 Å². The van der Waals surface area contributed by atoms with Gasteiger partial charge in [0.15, 0.2) is 0 Å². The molecule has 0 saturated carbocycles. The number of nitrogens with one attached hydrogen (secondary N) is 1. The molecule has 0 saturated heterocycles. The fraction of sp³-hybridized carbons (Fsp3) is 0.778. The lowest BCUT2D eigenvalue weighted by atomic mass is 10.4. The molecular formula is C9H15F3N2O4. The van der Waals surface area contributed by atoms with Crippen molar-refractivity contribution in [3.05, 3.63) is 0 Å². The summed E-state index contributed by atoms with van der Waals surface area (Å²) in [6, 6.07) is 0. The third-order valence-corrected chi connectivity index (χ3v) is 1.85. The van der Waals surface area contributed by atoms with Crippen LogP contribution in [0.2, 0.25) is 0 Å². The molecule has 0 rings (SSSR count). The van der Waals surface area contributed by atoms with Gasteiger partial charge in [0.1, 0.15) is 6.54 Å². The highest BCUT2D eigenvalue weighted by atomic mass is 19.4.